The number of carbonyl (C=O) groups is 1. The fourth-order valence-corrected chi connectivity index (χ4v) is 2.89. The Morgan fingerprint density at radius 1 is 1.33 bits per heavy atom. The van der Waals surface area contributed by atoms with Crippen molar-refractivity contribution < 1.29 is 4.79 Å². The van der Waals surface area contributed by atoms with Crippen LogP contribution in [0.4, 0.5) is 0 Å². The van der Waals surface area contributed by atoms with E-state index in [1.54, 1.807) is 0 Å². The van der Waals surface area contributed by atoms with E-state index in [9.17, 15) is 4.79 Å². The highest BCUT2D eigenvalue weighted by molar-refractivity contribution is 5.86. The van der Waals surface area contributed by atoms with Crippen LogP contribution in [0.15, 0.2) is 30.3 Å². The predicted octanol–water partition coefficient (Wildman–Crippen LogP) is 1.71. The fourth-order valence-electron chi connectivity index (χ4n) is 2.89. The smallest absolute Gasteiger partial charge is 0.243 e. The Labute approximate surface area is 127 Å². The monoisotopic (exact) mass is 289 g/mol. The predicted molar refractivity (Wildman–Crippen MR) is 85.8 cm³/mol. The van der Waals surface area contributed by atoms with Gasteiger partial charge in [-0.3, -0.25) is 10.1 Å². The molecule has 2 rings (SSSR count). The van der Waals surface area contributed by atoms with Crippen LogP contribution in [0.3, 0.4) is 0 Å². The van der Waals surface area contributed by atoms with E-state index >= 15 is 0 Å². The first-order valence-corrected chi connectivity index (χ1v) is 7.95. The minimum Gasteiger partial charge on any atom is -0.368 e. The molecule has 1 aliphatic carbocycles. The van der Waals surface area contributed by atoms with Crippen LogP contribution in [0.25, 0.3) is 0 Å². The van der Waals surface area contributed by atoms with Crippen LogP contribution in [0, 0.1) is 5.92 Å². The molecule has 4 heteroatoms. The molecule has 1 amide bonds. The average molecular weight is 289 g/mol. The van der Waals surface area contributed by atoms with E-state index in [1.165, 1.54) is 12.8 Å². The normalized spacial score (nSPS) is 17.7. The lowest BCUT2D eigenvalue weighted by Gasteiger charge is -2.37. The number of hydrogen-bond donors (Lipinski definition) is 2. The minimum absolute atomic E-state index is 0.301. The van der Waals surface area contributed by atoms with Crippen molar-refractivity contribution >= 4 is 5.91 Å². The molecule has 0 heterocycles. The van der Waals surface area contributed by atoms with Gasteiger partial charge in [0.2, 0.25) is 5.91 Å². The van der Waals surface area contributed by atoms with Gasteiger partial charge < -0.3 is 10.6 Å². The van der Waals surface area contributed by atoms with Gasteiger partial charge >= 0.3 is 0 Å². The zero-order chi connectivity index (χ0) is 15.3. The molecule has 1 fully saturated rings. The molecule has 116 valence electrons. The van der Waals surface area contributed by atoms with E-state index in [2.05, 4.69) is 17.1 Å². The van der Waals surface area contributed by atoms with Gasteiger partial charge in [-0.2, -0.15) is 0 Å². The molecule has 0 spiro atoms. The summed E-state index contributed by atoms with van der Waals surface area (Å²) in [6.45, 7) is 7.49. The molecule has 1 aromatic rings. The van der Waals surface area contributed by atoms with E-state index in [-0.39, 0.29) is 5.91 Å². The second kappa shape index (κ2) is 7.05. The van der Waals surface area contributed by atoms with E-state index in [0.717, 1.165) is 24.6 Å². The van der Waals surface area contributed by atoms with Gasteiger partial charge in [0.25, 0.3) is 0 Å². The van der Waals surface area contributed by atoms with E-state index in [0.29, 0.717) is 13.1 Å². The summed E-state index contributed by atoms with van der Waals surface area (Å²) in [4.78, 5) is 14.6. The summed E-state index contributed by atoms with van der Waals surface area (Å²) in [5.74, 6) is 0.498. The van der Waals surface area contributed by atoms with Gasteiger partial charge in [-0.15, -0.1) is 0 Å². The Hall–Kier alpha value is -1.39. The molecule has 3 N–H and O–H groups in total. The Morgan fingerprint density at radius 2 is 2.00 bits per heavy atom. The topological polar surface area (TPSA) is 58.4 Å². The number of carbonyl (C=O) groups excluding carboxylic acids is 1. The van der Waals surface area contributed by atoms with Crippen molar-refractivity contribution in [1.29, 1.82) is 0 Å². The van der Waals surface area contributed by atoms with Crippen LogP contribution in [-0.4, -0.2) is 37.0 Å². The zero-order valence-electron chi connectivity index (χ0n) is 13.1. The number of nitrogens with zero attached hydrogens (tertiary/aromatic N) is 1. The summed E-state index contributed by atoms with van der Waals surface area (Å²) in [5.41, 5.74) is 5.96. The van der Waals surface area contributed by atoms with Crippen molar-refractivity contribution in [3.63, 3.8) is 0 Å². The van der Waals surface area contributed by atoms with Crippen molar-refractivity contribution in [1.82, 2.24) is 10.2 Å². The van der Waals surface area contributed by atoms with Crippen LogP contribution in [0.1, 0.15) is 32.3 Å². The van der Waals surface area contributed by atoms with Gasteiger partial charge in [0, 0.05) is 13.1 Å². The van der Waals surface area contributed by atoms with Crippen molar-refractivity contribution in [2.45, 2.75) is 32.2 Å². The summed E-state index contributed by atoms with van der Waals surface area (Å²) < 4.78 is 0. The molecule has 1 aromatic carbocycles. The van der Waals surface area contributed by atoms with Crippen LogP contribution in [0.2, 0.25) is 0 Å². The second-order valence-electron chi connectivity index (χ2n) is 5.94. The SMILES string of the molecule is CCNC(CN(CC)CC1CC1)(C(N)=O)c1ccccc1. The maximum absolute atomic E-state index is 12.3. The molecule has 0 aliphatic heterocycles. The Morgan fingerprint density at radius 3 is 2.48 bits per heavy atom. The maximum atomic E-state index is 12.3. The highest BCUT2D eigenvalue weighted by atomic mass is 16.1. The number of likely N-dealkylation sites (N-methyl/N-ethyl adjacent to an activating group) is 2. The lowest BCUT2D eigenvalue weighted by atomic mass is 9.88. The number of rotatable bonds is 9. The number of benzene rings is 1. The van der Waals surface area contributed by atoms with Crippen molar-refractivity contribution in [2.75, 3.05) is 26.2 Å². The highest BCUT2D eigenvalue weighted by Gasteiger charge is 2.40. The largest absolute Gasteiger partial charge is 0.368 e. The maximum Gasteiger partial charge on any atom is 0.243 e. The van der Waals surface area contributed by atoms with Gasteiger partial charge in [-0.25, -0.2) is 0 Å². The number of nitrogens with two attached hydrogens (primary N) is 1. The van der Waals surface area contributed by atoms with Crippen LogP contribution < -0.4 is 11.1 Å². The van der Waals surface area contributed by atoms with E-state index in [1.807, 2.05) is 37.3 Å². The van der Waals surface area contributed by atoms with Gasteiger partial charge in [0.15, 0.2) is 0 Å². The molecular formula is C17H27N3O. The molecule has 1 aliphatic rings. The van der Waals surface area contributed by atoms with Gasteiger partial charge in [0.05, 0.1) is 0 Å². The Bertz CT molecular complexity index is 458. The molecule has 21 heavy (non-hydrogen) atoms. The Balaban J connectivity index is 2.26. The molecule has 1 unspecified atom stereocenters. The van der Waals surface area contributed by atoms with Gasteiger partial charge in [0.1, 0.15) is 5.54 Å². The number of amides is 1. The molecule has 0 bridgehead atoms. The van der Waals surface area contributed by atoms with Crippen LogP contribution in [-0.2, 0) is 10.3 Å². The summed E-state index contributed by atoms with van der Waals surface area (Å²) in [5, 5.41) is 3.35. The van der Waals surface area contributed by atoms with E-state index < -0.39 is 5.54 Å². The fraction of sp³-hybridized carbons (Fsp3) is 0.588. The third kappa shape index (κ3) is 3.83. The van der Waals surface area contributed by atoms with Gasteiger partial charge in [-0.05, 0) is 37.4 Å². The van der Waals surface area contributed by atoms with Crippen LogP contribution >= 0.6 is 0 Å². The van der Waals surface area contributed by atoms with Crippen molar-refractivity contribution in [3.05, 3.63) is 35.9 Å². The summed E-state index contributed by atoms with van der Waals surface area (Å²) >= 11 is 0. The highest BCUT2D eigenvalue weighted by Crippen LogP contribution is 2.31. The standard InChI is InChI=1S/C17H27N3O/c1-3-19-17(16(18)21,15-8-6-5-7-9-15)13-20(4-2)12-14-10-11-14/h5-9,14,19H,3-4,10-13H2,1-2H3,(H2,18,21). The first-order valence-electron chi connectivity index (χ1n) is 7.95. The van der Waals surface area contributed by atoms with Crippen LogP contribution in [0.5, 0.6) is 0 Å². The quantitative estimate of drug-likeness (QED) is 0.727. The van der Waals surface area contributed by atoms with Crippen molar-refractivity contribution in [2.24, 2.45) is 11.7 Å². The summed E-state index contributed by atoms with van der Waals surface area (Å²) in [6, 6.07) is 9.85. The number of hydrogen-bond acceptors (Lipinski definition) is 3. The first kappa shape index (κ1) is 16.0. The third-order valence-corrected chi connectivity index (χ3v) is 4.29. The minimum atomic E-state index is -0.805. The molecular weight excluding hydrogens is 262 g/mol. The average Bonchev–Trinajstić information content (AvgIpc) is 3.30. The summed E-state index contributed by atoms with van der Waals surface area (Å²) in [7, 11) is 0. The lowest BCUT2D eigenvalue weighted by molar-refractivity contribution is -0.125. The number of primary amides is 1. The molecule has 0 saturated heterocycles. The molecule has 1 atom stereocenters. The first-order chi connectivity index (χ1) is 10.1. The number of nitrogens with one attached hydrogen (secondary N) is 1. The molecule has 0 radical (unpaired) electrons. The Kier molecular flexibility index (Phi) is 5.37. The molecule has 4 nitrogen and oxygen atoms in total. The third-order valence-electron chi connectivity index (χ3n) is 4.29. The van der Waals surface area contributed by atoms with E-state index in [4.69, 9.17) is 5.73 Å². The van der Waals surface area contributed by atoms with Gasteiger partial charge in [-0.1, -0.05) is 44.2 Å². The molecule has 1 saturated carbocycles. The summed E-state index contributed by atoms with van der Waals surface area (Å²) in [6.07, 6.45) is 2.62. The zero-order valence-corrected chi connectivity index (χ0v) is 13.1. The second-order valence-corrected chi connectivity index (χ2v) is 5.94. The lowest BCUT2D eigenvalue weighted by Crippen LogP contribution is -2.59. The van der Waals surface area contributed by atoms with Crippen molar-refractivity contribution in [3.8, 4) is 0 Å². The molecule has 0 aromatic heterocycles.